The maximum atomic E-state index is 5.41. The number of hydrazine groups is 1. The first-order valence-corrected chi connectivity index (χ1v) is 6.64. The van der Waals surface area contributed by atoms with E-state index >= 15 is 0 Å². The van der Waals surface area contributed by atoms with Crippen molar-refractivity contribution in [1.82, 2.24) is 19.8 Å². The quantitative estimate of drug-likeness (QED) is 0.488. The third-order valence-electron chi connectivity index (χ3n) is 3.63. The lowest BCUT2D eigenvalue weighted by atomic mass is 10.2. The molecule has 0 saturated carbocycles. The zero-order chi connectivity index (χ0) is 14.5. The fraction of sp³-hybridized carbons (Fsp3) is 0.667. The maximum Gasteiger partial charge on any atom is 0.205 e. The van der Waals surface area contributed by atoms with Crippen molar-refractivity contribution in [2.75, 3.05) is 58.1 Å². The summed E-state index contributed by atoms with van der Waals surface area (Å²) in [6.45, 7) is 3.99. The number of nitrogens with one attached hydrogen (secondary N) is 2. The molecule has 0 radical (unpaired) electrons. The molecule has 8 heteroatoms. The Bertz CT molecular complexity index is 442. The van der Waals surface area contributed by atoms with Crippen molar-refractivity contribution in [2.45, 2.75) is 6.04 Å². The van der Waals surface area contributed by atoms with Crippen LogP contribution in [-0.4, -0.2) is 73.2 Å². The van der Waals surface area contributed by atoms with Crippen molar-refractivity contribution < 1.29 is 4.74 Å². The maximum absolute atomic E-state index is 5.41. The van der Waals surface area contributed by atoms with Crippen LogP contribution in [-0.2, 0) is 0 Å². The van der Waals surface area contributed by atoms with Gasteiger partial charge >= 0.3 is 0 Å². The molecule has 20 heavy (non-hydrogen) atoms. The number of piperazine rings is 1. The molecule has 1 aromatic rings. The number of nitrogens with two attached hydrogens (primary N) is 1. The SMILES string of the molecule is COc1c(NN)ncnc1NCC1CN(C)CCN1C. The molecule has 1 aromatic heterocycles. The van der Waals surface area contributed by atoms with E-state index in [1.54, 1.807) is 7.11 Å². The van der Waals surface area contributed by atoms with Gasteiger partial charge in [0, 0.05) is 32.2 Å². The average Bonchev–Trinajstić information content (AvgIpc) is 2.47. The topological polar surface area (TPSA) is 91.6 Å². The minimum absolute atomic E-state index is 0.433. The van der Waals surface area contributed by atoms with Crippen LogP contribution in [0.5, 0.6) is 5.75 Å². The molecule has 1 aliphatic heterocycles. The van der Waals surface area contributed by atoms with Crippen molar-refractivity contribution in [3.8, 4) is 5.75 Å². The van der Waals surface area contributed by atoms with Gasteiger partial charge in [-0.15, -0.1) is 0 Å². The second-order valence-electron chi connectivity index (χ2n) is 5.03. The van der Waals surface area contributed by atoms with E-state index in [1.807, 2.05) is 0 Å². The van der Waals surface area contributed by atoms with Gasteiger partial charge in [-0.25, -0.2) is 15.8 Å². The van der Waals surface area contributed by atoms with Crippen LogP contribution in [0.3, 0.4) is 0 Å². The van der Waals surface area contributed by atoms with Crippen LogP contribution in [0, 0.1) is 0 Å². The van der Waals surface area contributed by atoms with Crippen molar-refractivity contribution in [2.24, 2.45) is 5.84 Å². The van der Waals surface area contributed by atoms with E-state index in [9.17, 15) is 0 Å². The van der Waals surface area contributed by atoms with Gasteiger partial charge in [-0.1, -0.05) is 0 Å². The van der Waals surface area contributed by atoms with E-state index in [2.05, 4.69) is 44.6 Å². The Kier molecular flexibility index (Phi) is 4.94. The summed E-state index contributed by atoms with van der Waals surface area (Å²) < 4.78 is 5.30. The smallest absolute Gasteiger partial charge is 0.205 e. The summed E-state index contributed by atoms with van der Waals surface area (Å²) >= 11 is 0. The molecule has 0 aliphatic carbocycles. The number of aromatic nitrogens is 2. The molecule has 1 saturated heterocycles. The molecule has 8 nitrogen and oxygen atoms in total. The summed E-state index contributed by atoms with van der Waals surface area (Å²) in [6, 6.07) is 0.433. The number of nitrogens with zero attached hydrogens (tertiary/aromatic N) is 4. The number of rotatable bonds is 5. The number of hydrogen-bond acceptors (Lipinski definition) is 8. The fourth-order valence-corrected chi connectivity index (χ4v) is 2.33. The van der Waals surface area contributed by atoms with Crippen LogP contribution in [0.2, 0.25) is 0 Å². The van der Waals surface area contributed by atoms with E-state index < -0.39 is 0 Å². The summed E-state index contributed by atoms with van der Waals surface area (Å²) in [5, 5.41) is 3.32. The molecule has 1 atom stereocenters. The van der Waals surface area contributed by atoms with Gasteiger partial charge in [-0.2, -0.15) is 0 Å². The summed E-state index contributed by atoms with van der Waals surface area (Å²) in [5.41, 5.74) is 2.51. The van der Waals surface area contributed by atoms with Gasteiger partial charge in [0.1, 0.15) is 6.33 Å². The summed E-state index contributed by atoms with van der Waals surface area (Å²) in [4.78, 5) is 12.9. The van der Waals surface area contributed by atoms with E-state index in [0.717, 1.165) is 26.2 Å². The molecule has 0 bridgehead atoms. The molecule has 0 aromatic carbocycles. The monoisotopic (exact) mass is 281 g/mol. The second-order valence-corrected chi connectivity index (χ2v) is 5.03. The van der Waals surface area contributed by atoms with Crippen molar-refractivity contribution in [3.63, 3.8) is 0 Å². The predicted octanol–water partition coefficient (Wildman–Crippen LogP) is -0.571. The average molecular weight is 281 g/mol. The van der Waals surface area contributed by atoms with Crippen LogP contribution < -0.4 is 21.3 Å². The van der Waals surface area contributed by atoms with E-state index in [4.69, 9.17) is 10.6 Å². The Morgan fingerprint density at radius 1 is 1.35 bits per heavy atom. The number of anilines is 2. The highest BCUT2D eigenvalue weighted by atomic mass is 16.5. The molecule has 2 rings (SSSR count). The molecule has 1 aliphatic rings. The van der Waals surface area contributed by atoms with E-state index in [0.29, 0.717) is 23.4 Å². The van der Waals surface area contributed by atoms with Gasteiger partial charge in [0.15, 0.2) is 11.6 Å². The van der Waals surface area contributed by atoms with Gasteiger partial charge < -0.3 is 20.4 Å². The van der Waals surface area contributed by atoms with Crippen molar-refractivity contribution in [3.05, 3.63) is 6.33 Å². The summed E-state index contributed by atoms with van der Waals surface area (Å²) in [7, 11) is 5.86. The number of likely N-dealkylation sites (N-methyl/N-ethyl adjacent to an activating group) is 2. The van der Waals surface area contributed by atoms with Crippen LogP contribution in [0.4, 0.5) is 11.6 Å². The molecule has 4 N–H and O–H groups in total. The Hall–Kier alpha value is -1.64. The Labute approximate surface area is 119 Å². The highest BCUT2D eigenvalue weighted by molar-refractivity contribution is 5.63. The summed E-state index contributed by atoms with van der Waals surface area (Å²) in [5.74, 6) is 7.06. The number of hydrogen-bond donors (Lipinski definition) is 3. The molecular formula is C12H23N7O. The van der Waals surface area contributed by atoms with Crippen LogP contribution in [0.25, 0.3) is 0 Å². The molecule has 112 valence electrons. The van der Waals surface area contributed by atoms with Crippen LogP contribution in [0.15, 0.2) is 6.33 Å². The molecule has 0 spiro atoms. The number of methoxy groups -OCH3 is 1. The normalized spacial score (nSPS) is 20.7. The van der Waals surface area contributed by atoms with Crippen LogP contribution >= 0.6 is 0 Å². The molecule has 1 unspecified atom stereocenters. The minimum Gasteiger partial charge on any atom is -0.490 e. The first-order chi connectivity index (χ1) is 9.65. The highest BCUT2D eigenvalue weighted by Crippen LogP contribution is 2.28. The van der Waals surface area contributed by atoms with E-state index in [1.165, 1.54) is 6.33 Å². The number of nitrogen functional groups attached to an aromatic ring is 1. The van der Waals surface area contributed by atoms with Gasteiger partial charge in [0.05, 0.1) is 7.11 Å². The largest absolute Gasteiger partial charge is 0.490 e. The van der Waals surface area contributed by atoms with Gasteiger partial charge in [0.2, 0.25) is 5.75 Å². The first kappa shape index (κ1) is 14.8. The lowest BCUT2D eigenvalue weighted by Crippen LogP contribution is -2.52. The summed E-state index contributed by atoms with van der Waals surface area (Å²) in [6.07, 6.45) is 1.46. The van der Waals surface area contributed by atoms with Gasteiger partial charge in [0.25, 0.3) is 0 Å². The Morgan fingerprint density at radius 3 is 2.80 bits per heavy atom. The van der Waals surface area contributed by atoms with Gasteiger partial charge in [-0.05, 0) is 14.1 Å². The van der Waals surface area contributed by atoms with Crippen molar-refractivity contribution >= 4 is 11.6 Å². The van der Waals surface area contributed by atoms with E-state index in [-0.39, 0.29) is 0 Å². The first-order valence-electron chi connectivity index (χ1n) is 6.64. The molecule has 0 amide bonds. The van der Waals surface area contributed by atoms with Crippen molar-refractivity contribution in [1.29, 1.82) is 0 Å². The lowest BCUT2D eigenvalue weighted by Gasteiger charge is -2.37. The second kappa shape index (κ2) is 6.69. The number of ether oxygens (including phenoxy) is 1. The predicted molar refractivity (Wildman–Crippen MR) is 78.8 cm³/mol. The van der Waals surface area contributed by atoms with Gasteiger partial charge in [-0.3, -0.25) is 4.90 Å². The van der Waals surface area contributed by atoms with Crippen LogP contribution in [0.1, 0.15) is 0 Å². The fourth-order valence-electron chi connectivity index (χ4n) is 2.33. The molecule has 1 fully saturated rings. The zero-order valence-electron chi connectivity index (χ0n) is 12.3. The Morgan fingerprint density at radius 2 is 2.10 bits per heavy atom. The lowest BCUT2D eigenvalue weighted by molar-refractivity contribution is 0.121. The third-order valence-corrected chi connectivity index (χ3v) is 3.63. The highest BCUT2D eigenvalue weighted by Gasteiger charge is 2.22. The molecule has 2 heterocycles. The third kappa shape index (κ3) is 3.27. The Balaban J connectivity index is 2.03. The standard InChI is InChI=1S/C12H23N7O/c1-18-4-5-19(2)9(7-18)6-14-11-10(20-3)12(17-13)16-8-15-11/h8-9H,4-7,13H2,1-3H3,(H2,14,15,16,17). The zero-order valence-corrected chi connectivity index (χ0v) is 12.3. The minimum atomic E-state index is 0.433. The molecular weight excluding hydrogens is 258 g/mol.